The standard InChI is InChI=1S/C18H20N6O3/c1-12-2-4-13(5-3-12)16-19-15(27-22-16)8-23-7-6-18(10-23)11-24-14(9-26-18)20-21-17(24)25/h2-5H,6-11H2,1H3,(H,21,25). The number of aryl methyl sites for hydroxylation is 1. The Morgan fingerprint density at radius 2 is 2.11 bits per heavy atom. The average molecular weight is 368 g/mol. The van der Waals surface area contributed by atoms with Crippen molar-refractivity contribution in [2.45, 2.75) is 38.6 Å². The lowest BCUT2D eigenvalue weighted by atomic mass is 10.0. The van der Waals surface area contributed by atoms with E-state index in [1.165, 1.54) is 5.56 Å². The highest BCUT2D eigenvalue weighted by atomic mass is 16.5. The topological polar surface area (TPSA) is 102 Å². The normalized spacial score (nSPS) is 22.4. The maximum atomic E-state index is 11.9. The number of hydrogen-bond donors (Lipinski definition) is 1. The highest BCUT2D eigenvalue weighted by Crippen LogP contribution is 2.32. The number of aromatic nitrogens is 5. The molecule has 3 aromatic rings. The number of hydrogen-bond acceptors (Lipinski definition) is 7. The second kappa shape index (κ2) is 6.14. The molecule has 9 heteroatoms. The molecule has 27 heavy (non-hydrogen) atoms. The molecule has 140 valence electrons. The molecular formula is C18H20N6O3. The fraction of sp³-hybridized carbons (Fsp3) is 0.444. The molecule has 1 unspecified atom stereocenters. The summed E-state index contributed by atoms with van der Waals surface area (Å²) in [5, 5.41) is 10.6. The molecule has 0 saturated carbocycles. The molecule has 1 fully saturated rings. The van der Waals surface area contributed by atoms with Gasteiger partial charge >= 0.3 is 5.69 Å². The van der Waals surface area contributed by atoms with Crippen LogP contribution in [0.4, 0.5) is 0 Å². The van der Waals surface area contributed by atoms with E-state index < -0.39 is 0 Å². The lowest BCUT2D eigenvalue weighted by Gasteiger charge is -2.33. The largest absolute Gasteiger partial charge is 0.364 e. The Morgan fingerprint density at radius 3 is 2.96 bits per heavy atom. The quantitative estimate of drug-likeness (QED) is 0.739. The third-order valence-corrected chi connectivity index (χ3v) is 5.32. The molecule has 4 heterocycles. The number of nitrogens with zero attached hydrogens (tertiary/aromatic N) is 5. The smallest absolute Gasteiger partial charge is 0.343 e. The number of likely N-dealkylation sites (tertiary alicyclic amines) is 1. The summed E-state index contributed by atoms with van der Waals surface area (Å²) < 4.78 is 13.2. The molecule has 1 spiro atoms. The van der Waals surface area contributed by atoms with Crippen molar-refractivity contribution in [1.82, 2.24) is 29.8 Å². The minimum Gasteiger partial charge on any atom is -0.364 e. The highest BCUT2D eigenvalue weighted by Gasteiger charge is 2.43. The summed E-state index contributed by atoms with van der Waals surface area (Å²) in [7, 11) is 0. The molecule has 1 aromatic carbocycles. The third kappa shape index (κ3) is 2.98. The lowest BCUT2D eigenvalue weighted by molar-refractivity contribution is -0.0835. The van der Waals surface area contributed by atoms with Crippen LogP contribution in [-0.4, -0.2) is 48.5 Å². The van der Waals surface area contributed by atoms with Gasteiger partial charge in [-0.2, -0.15) is 10.1 Å². The molecule has 5 rings (SSSR count). The molecule has 0 radical (unpaired) electrons. The second-order valence-corrected chi connectivity index (χ2v) is 7.34. The van der Waals surface area contributed by atoms with Crippen molar-refractivity contribution in [3.05, 3.63) is 52.0 Å². The zero-order valence-electron chi connectivity index (χ0n) is 15.0. The van der Waals surface area contributed by atoms with E-state index in [2.05, 4.69) is 25.2 Å². The van der Waals surface area contributed by atoms with E-state index >= 15 is 0 Å². The van der Waals surface area contributed by atoms with E-state index in [0.29, 0.717) is 43.8 Å². The summed E-state index contributed by atoms with van der Waals surface area (Å²) in [5.74, 6) is 1.84. The van der Waals surface area contributed by atoms with E-state index in [1.807, 2.05) is 31.2 Å². The van der Waals surface area contributed by atoms with Crippen LogP contribution in [-0.2, 0) is 24.4 Å². The molecule has 2 aliphatic heterocycles. The van der Waals surface area contributed by atoms with Crippen molar-refractivity contribution < 1.29 is 9.26 Å². The van der Waals surface area contributed by atoms with Crippen molar-refractivity contribution in [3.8, 4) is 11.4 Å². The van der Waals surface area contributed by atoms with Crippen LogP contribution in [0, 0.1) is 6.92 Å². The minimum absolute atomic E-state index is 0.175. The Hall–Kier alpha value is -2.78. The molecular weight excluding hydrogens is 348 g/mol. The summed E-state index contributed by atoms with van der Waals surface area (Å²) >= 11 is 0. The van der Waals surface area contributed by atoms with Gasteiger partial charge in [-0.25, -0.2) is 9.89 Å². The third-order valence-electron chi connectivity index (χ3n) is 5.32. The highest BCUT2D eigenvalue weighted by molar-refractivity contribution is 5.54. The zero-order valence-corrected chi connectivity index (χ0v) is 15.0. The molecule has 0 aliphatic carbocycles. The summed E-state index contributed by atoms with van der Waals surface area (Å²) in [4.78, 5) is 18.6. The first kappa shape index (κ1) is 16.4. The Balaban J connectivity index is 1.27. The van der Waals surface area contributed by atoms with Crippen LogP contribution in [0.15, 0.2) is 33.6 Å². The van der Waals surface area contributed by atoms with Crippen molar-refractivity contribution in [2.24, 2.45) is 0 Å². The maximum absolute atomic E-state index is 11.9. The Labute approximate surface area is 155 Å². The Kier molecular flexibility index (Phi) is 3.73. The number of fused-ring (bicyclic) bond motifs is 1. The van der Waals surface area contributed by atoms with Crippen molar-refractivity contribution in [2.75, 3.05) is 13.1 Å². The number of benzene rings is 1. The van der Waals surface area contributed by atoms with Gasteiger partial charge < -0.3 is 9.26 Å². The number of rotatable bonds is 3. The van der Waals surface area contributed by atoms with Gasteiger partial charge in [0.2, 0.25) is 11.7 Å². The molecule has 1 atom stereocenters. The van der Waals surface area contributed by atoms with E-state index in [-0.39, 0.29) is 11.3 Å². The first-order valence-electron chi connectivity index (χ1n) is 9.00. The SMILES string of the molecule is Cc1ccc(-c2noc(CN3CCC4(C3)Cn3c(n[nH]c3=O)CO4)n2)cc1. The Bertz CT molecular complexity index is 1020. The van der Waals surface area contributed by atoms with Crippen molar-refractivity contribution in [1.29, 1.82) is 0 Å². The van der Waals surface area contributed by atoms with E-state index in [1.54, 1.807) is 4.57 Å². The monoisotopic (exact) mass is 368 g/mol. The molecule has 1 N–H and O–H groups in total. The molecule has 2 aromatic heterocycles. The molecule has 1 saturated heterocycles. The van der Waals surface area contributed by atoms with E-state index in [0.717, 1.165) is 18.5 Å². The average Bonchev–Trinajstić information content (AvgIpc) is 3.37. The fourth-order valence-electron chi connectivity index (χ4n) is 3.81. The van der Waals surface area contributed by atoms with Gasteiger partial charge in [-0.05, 0) is 13.3 Å². The van der Waals surface area contributed by atoms with Crippen LogP contribution in [0.2, 0.25) is 0 Å². The lowest BCUT2D eigenvalue weighted by Crippen LogP contribution is -2.46. The summed E-state index contributed by atoms with van der Waals surface area (Å²) in [6.45, 7) is 5.05. The molecule has 0 bridgehead atoms. The first-order chi connectivity index (χ1) is 13.1. The zero-order chi connectivity index (χ0) is 18.4. The van der Waals surface area contributed by atoms with Gasteiger partial charge in [0, 0.05) is 18.7 Å². The number of H-pyrrole nitrogens is 1. The second-order valence-electron chi connectivity index (χ2n) is 7.34. The van der Waals surface area contributed by atoms with Gasteiger partial charge in [0.05, 0.1) is 13.1 Å². The van der Waals surface area contributed by atoms with Crippen LogP contribution in [0.1, 0.15) is 23.7 Å². The number of nitrogens with one attached hydrogen (secondary N) is 1. The molecule has 0 amide bonds. The predicted octanol–water partition coefficient (Wildman–Crippen LogP) is 1.10. The minimum atomic E-state index is -0.361. The number of ether oxygens (including phenoxy) is 1. The summed E-state index contributed by atoms with van der Waals surface area (Å²) in [5.41, 5.74) is 1.60. The molecule has 2 aliphatic rings. The van der Waals surface area contributed by atoms with Crippen LogP contribution in [0.3, 0.4) is 0 Å². The van der Waals surface area contributed by atoms with Gasteiger partial charge in [-0.15, -0.1) is 0 Å². The Morgan fingerprint density at radius 1 is 1.26 bits per heavy atom. The van der Waals surface area contributed by atoms with Crippen LogP contribution in [0.25, 0.3) is 11.4 Å². The van der Waals surface area contributed by atoms with Gasteiger partial charge in [0.1, 0.15) is 12.2 Å². The fourth-order valence-corrected chi connectivity index (χ4v) is 3.81. The van der Waals surface area contributed by atoms with Crippen LogP contribution in [0.5, 0.6) is 0 Å². The molecule has 9 nitrogen and oxygen atoms in total. The number of aromatic amines is 1. The van der Waals surface area contributed by atoms with Gasteiger partial charge in [-0.1, -0.05) is 35.0 Å². The van der Waals surface area contributed by atoms with Gasteiger partial charge in [0.15, 0.2) is 5.82 Å². The maximum Gasteiger partial charge on any atom is 0.343 e. The first-order valence-corrected chi connectivity index (χ1v) is 9.00. The van der Waals surface area contributed by atoms with Crippen LogP contribution < -0.4 is 5.69 Å². The summed E-state index contributed by atoms with van der Waals surface area (Å²) in [6, 6.07) is 8.04. The summed E-state index contributed by atoms with van der Waals surface area (Å²) in [6.07, 6.45) is 0.850. The van der Waals surface area contributed by atoms with Gasteiger partial charge in [-0.3, -0.25) is 9.47 Å². The predicted molar refractivity (Wildman–Crippen MR) is 94.7 cm³/mol. The van der Waals surface area contributed by atoms with Crippen molar-refractivity contribution >= 4 is 0 Å². The van der Waals surface area contributed by atoms with Gasteiger partial charge in [0.25, 0.3) is 0 Å². The van der Waals surface area contributed by atoms with E-state index in [9.17, 15) is 4.79 Å². The van der Waals surface area contributed by atoms with Crippen LogP contribution >= 0.6 is 0 Å². The van der Waals surface area contributed by atoms with Crippen molar-refractivity contribution in [3.63, 3.8) is 0 Å². The van der Waals surface area contributed by atoms with E-state index in [4.69, 9.17) is 9.26 Å².